The molecule has 16 heavy (non-hydrogen) atoms. The van der Waals surface area contributed by atoms with Crippen LogP contribution < -0.4 is 0 Å². The van der Waals surface area contributed by atoms with Gasteiger partial charge in [-0.3, -0.25) is 0 Å². The zero-order valence-corrected chi connectivity index (χ0v) is 10.8. The summed E-state index contributed by atoms with van der Waals surface area (Å²) >= 11 is 0. The monoisotopic (exact) mass is 249 g/mol. The molecular formula is C11H22O4P+. The topological polar surface area (TPSA) is 55.8 Å². The van der Waals surface area contributed by atoms with Crippen LogP contribution in [0.5, 0.6) is 0 Å². The molecule has 4 nitrogen and oxygen atoms in total. The molecule has 94 valence electrons. The number of methoxy groups -OCH3 is 1. The lowest BCUT2D eigenvalue weighted by atomic mass is 9.84. The van der Waals surface area contributed by atoms with Crippen LogP contribution in [0.4, 0.5) is 0 Å². The Morgan fingerprint density at radius 2 is 1.94 bits per heavy atom. The summed E-state index contributed by atoms with van der Waals surface area (Å²) in [6.45, 7) is 0.851. The van der Waals surface area contributed by atoms with Gasteiger partial charge in [-0.05, 0) is 38.0 Å². The maximum absolute atomic E-state index is 10.5. The highest BCUT2D eigenvalue weighted by atomic mass is 31.1. The fraction of sp³-hybridized carbons (Fsp3) is 1.00. The Bertz CT molecular complexity index is 202. The van der Waals surface area contributed by atoms with E-state index in [0.717, 1.165) is 44.6 Å². The Morgan fingerprint density at radius 3 is 2.50 bits per heavy atom. The van der Waals surface area contributed by atoms with Gasteiger partial charge in [0.25, 0.3) is 0 Å². The van der Waals surface area contributed by atoms with E-state index in [1.165, 1.54) is 12.8 Å². The maximum Gasteiger partial charge on any atom is 0.694 e. The standard InChI is InChI=1S/C11H21O4P/c1-14-9-3-2-4-10-5-7-11(8-6-10)15-16(12)13/h10-11H,2-9H2,1H3/p+1. The number of ether oxygens (including phenoxy) is 1. The molecule has 0 aromatic rings. The Kier molecular flexibility index (Phi) is 7.13. The van der Waals surface area contributed by atoms with Crippen LogP contribution in [0, 0.1) is 5.92 Å². The van der Waals surface area contributed by atoms with Gasteiger partial charge in [-0.1, -0.05) is 12.8 Å². The predicted molar refractivity (Wildman–Crippen MR) is 62.4 cm³/mol. The molecule has 0 saturated heterocycles. The van der Waals surface area contributed by atoms with Crippen molar-refractivity contribution >= 4 is 8.25 Å². The third-order valence-electron chi connectivity index (χ3n) is 3.24. The van der Waals surface area contributed by atoms with E-state index in [2.05, 4.69) is 0 Å². The van der Waals surface area contributed by atoms with Crippen LogP contribution in [0.3, 0.4) is 0 Å². The van der Waals surface area contributed by atoms with Gasteiger partial charge < -0.3 is 4.74 Å². The van der Waals surface area contributed by atoms with Gasteiger partial charge in [0.15, 0.2) is 0 Å². The number of hydrogen-bond acceptors (Lipinski definition) is 3. The van der Waals surface area contributed by atoms with Crippen molar-refractivity contribution in [3.05, 3.63) is 0 Å². The molecule has 0 aromatic heterocycles. The van der Waals surface area contributed by atoms with E-state index in [4.69, 9.17) is 14.2 Å². The second-order valence-electron chi connectivity index (χ2n) is 4.47. The molecule has 0 aromatic carbocycles. The van der Waals surface area contributed by atoms with Gasteiger partial charge in [-0.2, -0.15) is 0 Å². The third kappa shape index (κ3) is 5.90. The molecule has 0 amide bonds. The van der Waals surface area contributed by atoms with E-state index in [9.17, 15) is 4.57 Å². The van der Waals surface area contributed by atoms with Crippen LogP contribution in [0.2, 0.25) is 0 Å². The minimum absolute atomic E-state index is 0.00355. The zero-order chi connectivity index (χ0) is 11.8. The van der Waals surface area contributed by atoms with Gasteiger partial charge in [0.2, 0.25) is 0 Å². The fourth-order valence-electron chi connectivity index (χ4n) is 2.33. The van der Waals surface area contributed by atoms with Crippen molar-refractivity contribution in [2.24, 2.45) is 5.92 Å². The first kappa shape index (κ1) is 14.0. The van der Waals surface area contributed by atoms with E-state index in [1.54, 1.807) is 7.11 Å². The molecule has 1 saturated carbocycles. The van der Waals surface area contributed by atoms with Gasteiger partial charge in [-0.15, -0.1) is 9.42 Å². The van der Waals surface area contributed by atoms with Crippen LogP contribution in [-0.4, -0.2) is 24.7 Å². The minimum atomic E-state index is -2.42. The molecule has 1 aliphatic rings. The van der Waals surface area contributed by atoms with Crippen LogP contribution >= 0.6 is 8.25 Å². The van der Waals surface area contributed by atoms with E-state index in [0.29, 0.717) is 0 Å². The molecule has 1 fully saturated rings. The van der Waals surface area contributed by atoms with Gasteiger partial charge in [-0.25, -0.2) is 0 Å². The molecule has 1 rings (SSSR count). The quantitative estimate of drug-likeness (QED) is 0.556. The molecule has 5 heteroatoms. The smallest absolute Gasteiger partial charge is 0.385 e. The average molecular weight is 249 g/mol. The Hall–Kier alpha value is -0.0200. The second-order valence-corrected chi connectivity index (χ2v) is 5.16. The van der Waals surface area contributed by atoms with Gasteiger partial charge >= 0.3 is 8.25 Å². The van der Waals surface area contributed by atoms with Crippen molar-refractivity contribution in [1.82, 2.24) is 0 Å². The summed E-state index contributed by atoms with van der Waals surface area (Å²) in [6, 6.07) is 0. The number of rotatable bonds is 7. The first-order valence-electron chi connectivity index (χ1n) is 6.04. The lowest BCUT2D eigenvalue weighted by molar-refractivity contribution is 0.120. The SMILES string of the molecule is COCCCCC1CCC(O[P+](=O)O)CC1. The molecular weight excluding hydrogens is 227 g/mol. The van der Waals surface area contributed by atoms with Crippen molar-refractivity contribution in [2.45, 2.75) is 51.0 Å². The van der Waals surface area contributed by atoms with Crippen molar-refractivity contribution in [2.75, 3.05) is 13.7 Å². The van der Waals surface area contributed by atoms with Crippen LogP contribution in [0.15, 0.2) is 0 Å². The van der Waals surface area contributed by atoms with Crippen LogP contribution in [0.1, 0.15) is 44.9 Å². The summed E-state index contributed by atoms with van der Waals surface area (Å²) < 4.78 is 20.4. The normalized spacial score (nSPS) is 26.8. The molecule has 0 bridgehead atoms. The van der Waals surface area contributed by atoms with E-state index >= 15 is 0 Å². The molecule has 0 heterocycles. The average Bonchev–Trinajstić information content (AvgIpc) is 2.26. The number of hydrogen-bond donors (Lipinski definition) is 1. The zero-order valence-electron chi connectivity index (χ0n) is 9.93. The van der Waals surface area contributed by atoms with E-state index in [-0.39, 0.29) is 6.10 Å². The summed E-state index contributed by atoms with van der Waals surface area (Å²) in [5, 5.41) is 0. The van der Waals surface area contributed by atoms with Crippen molar-refractivity contribution < 1.29 is 18.7 Å². The van der Waals surface area contributed by atoms with E-state index < -0.39 is 8.25 Å². The van der Waals surface area contributed by atoms with Crippen LogP contribution in [0.25, 0.3) is 0 Å². The predicted octanol–water partition coefficient (Wildman–Crippen LogP) is 3.03. The first-order valence-corrected chi connectivity index (χ1v) is 7.17. The lowest BCUT2D eigenvalue weighted by Gasteiger charge is -2.24. The highest BCUT2D eigenvalue weighted by molar-refractivity contribution is 7.32. The highest BCUT2D eigenvalue weighted by Crippen LogP contribution is 2.33. The van der Waals surface area contributed by atoms with Gasteiger partial charge in [0.05, 0.1) is 0 Å². The summed E-state index contributed by atoms with van der Waals surface area (Å²) in [7, 11) is -0.685. The maximum atomic E-state index is 10.5. The van der Waals surface area contributed by atoms with Crippen molar-refractivity contribution in [3.8, 4) is 0 Å². The lowest BCUT2D eigenvalue weighted by Crippen LogP contribution is -2.19. The molecule has 1 unspecified atom stereocenters. The largest absolute Gasteiger partial charge is 0.694 e. The molecule has 1 aliphatic carbocycles. The Labute approximate surface area is 98.3 Å². The summed E-state index contributed by atoms with van der Waals surface area (Å²) in [5.41, 5.74) is 0. The molecule has 0 aliphatic heterocycles. The first-order chi connectivity index (χ1) is 7.72. The fourth-order valence-corrected chi connectivity index (χ4v) is 2.80. The van der Waals surface area contributed by atoms with Crippen molar-refractivity contribution in [1.29, 1.82) is 0 Å². The summed E-state index contributed by atoms with van der Waals surface area (Å²) in [6.07, 6.45) is 7.72. The number of unbranched alkanes of at least 4 members (excludes halogenated alkanes) is 1. The van der Waals surface area contributed by atoms with E-state index in [1.807, 2.05) is 0 Å². The molecule has 1 atom stereocenters. The molecule has 0 radical (unpaired) electrons. The van der Waals surface area contributed by atoms with Gasteiger partial charge in [0, 0.05) is 18.3 Å². The van der Waals surface area contributed by atoms with Crippen LogP contribution in [-0.2, 0) is 13.8 Å². The Balaban J connectivity index is 2.05. The second kappa shape index (κ2) is 8.13. The molecule has 0 spiro atoms. The van der Waals surface area contributed by atoms with Crippen molar-refractivity contribution in [3.63, 3.8) is 0 Å². The minimum Gasteiger partial charge on any atom is -0.385 e. The van der Waals surface area contributed by atoms with Gasteiger partial charge in [0.1, 0.15) is 6.10 Å². The summed E-state index contributed by atoms with van der Waals surface area (Å²) in [4.78, 5) is 8.64. The third-order valence-corrected chi connectivity index (χ3v) is 3.72. The molecule has 1 N–H and O–H groups in total. The highest BCUT2D eigenvalue weighted by Gasteiger charge is 2.28. The summed E-state index contributed by atoms with van der Waals surface area (Å²) in [5.74, 6) is 0.772. The Morgan fingerprint density at radius 1 is 1.25 bits per heavy atom.